The van der Waals surface area contributed by atoms with Crippen molar-refractivity contribution in [3.05, 3.63) is 58.3 Å². The topological polar surface area (TPSA) is 38.3 Å². The van der Waals surface area contributed by atoms with Crippen molar-refractivity contribution in [1.29, 1.82) is 0 Å². The molecule has 98 valence electrons. The van der Waals surface area contributed by atoms with Gasteiger partial charge in [0, 0.05) is 21.8 Å². The average Bonchev–Trinajstić information content (AvgIpc) is 2.39. The van der Waals surface area contributed by atoms with Crippen LogP contribution in [0.1, 0.15) is 10.4 Å². The molecule has 0 saturated carbocycles. The largest absolute Gasteiger partial charge is 0.494 e. The molecule has 2 aromatic rings. The molecule has 0 heterocycles. The summed E-state index contributed by atoms with van der Waals surface area (Å²) in [4.78, 5) is 11.9. The zero-order valence-corrected chi connectivity index (χ0v) is 11.7. The molecule has 1 amide bonds. The van der Waals surface area contributed by atoms with Gasteiger partial charge >= 0.3 is 0 Å². The normalized spacial score (nSPS) is 10.1. The second-order valence-corrected chi connectivity index (χ2v) is 4.73. The van der Waals surface area contributed by atoms with Gasteiger partial charge < -0.3 is 10.1 Å². The Balaban J connectivity index is 2.17. The number of benzene rings is 2. The number of hydrogen-bond donors (Lipinski definition) is 1. The van der Waals surface area contributed by atoms with E-state index in [9.17, 15) is 9.18 Å². The van der Waals surface area contributed by atoms with E-state index in [1.54, 1.807) is 24.3 Å². The standard InChI is InChI=1S/C14H11BrFNO2/c1-19-13-6-5-11(8-12(13)16)17-14(18)9-3-2-4-10(15)7-9/h2-8H,1H3,(H,17,18). The fourth-order valence-electron chi connectivity index (χ4n) is 1.58. The van der Waals surface area contributed by atoms with Crippen molar-refractivity contribution in [2.45, 2.75) is 0 Å². The molecular weight excluding hydrogens is 313 g/mol. The first kappa shape index (κ1) is 13.5. The monoisotopic (exact) mass is 323 g/mol. The summed E-state index contributed by atoms with van der Waals surface area (Å²) in [6.45, 7) is 0. The van der Waals surface area contributed by atoms with Crippen LogP contribution in [0.4, 0.5) is 10.1 Å². The van der Waals surface area contributed by atoms with Gasteiger partial charge in [-0.3, -0.25) is 4.79 Å². The number of amides is 1. The number of carbonyl (C=O) groups excluding carboxylic acids is 1. The number of nitrogens with one attached hydrogen (secondary N) is 1. The minimum atomic E-state index is -0.519. The lowest BCUT2D eigenvalue weighted by molar-refractivity contribution is 0.102. The SMILES string of the molecule is COc1ccc(NC(=O)c2cccc(Br)c2)cc1F. The molecule has 0 unspecified atom stereocenters. The maximum Gasteiger partial charge on any atom is 0.255 e. The van der Waals surface area contributed by atoms with Crippen molar-refractivity contribution >= 4 is 27.5 Å². The quantitative estimate of drug-likeness (QED) is 0.931. The van der Waals surface area contributed by atoms with Gasteiger partial charge in [-0.2, -0.15) is 0 Å². The molecule has 0 bridgehead atoms. The molecule has 0 fully saturated rings. The number of halogens is 2. The highest BCUT2D eigenvalue weighted by Gasteiger charge is 2.08. The molecule has 0 aliphatic rings. The summed E-state index contributed by atoms with van der Waals surface area (Å²) in [5.41, 5.74) is 0.869. The predicted octanol–water partition coefficient (Wildman–Crippen LogP) is 3.85. The van der Waals surface area contributed by atoms with Crippen LogP contribution in [0.3, 0.4) is 0 Å². The summed E-state index contributed by atoms with van der Waals surface area (Å²) >= 11 is 3.29. The first-order chi connectivity index (χ1) is 9.10. The molecule has 2 aromatic carbocycles. The molecular formula is C14H11BrFNO2. The highest BCUT2D eigenvalue weighted by atomic mass is 79.9. The fraction of sp³-hybridized carbons (Fsp3) is 0.0714. The molecule has 3 nitrogen and oxygen atoms in total. The maximum absolute atomic E-state index is 13.5. The Labute approximate surface area is 118 Å². The van der Waals surface area contributed by atoms with Crippen LogP contribution in [-0.2, 0) is 0 Å². The molecule has 0 atom stereocenters. The van der Waals surface area contributed by atoms with E-state index in [2.05, 4.69) is 21.2 Å². The summed E-state index contributed by atoms with van der Waals surface area (Å²) < 4.78 is 19.1. The second-order valence-electron chi connectivity index (χ2n) is 3.81. The highest BCUT2D eigenvalue weighted by Crippen LogP contribution is 2.21. The Morgan fingerprint density at radius 3 is 2.68 bits per heavy atom. The summed E-state index contributed by atoms with van der Waals surface area (Å²) in [6.07, 6.45) is 0. The number of hydrogen-bond acceptors (Lipinski definition) is 2. The zero-order chi connectivity index (χ0) is 13.8. The van der Waals surface area contributed by atoms with Crippen LogP contribution in [0.15, 0.2) is 46.9 Å². The molecule has 1 N–H and O–H groups in total. The Morgan fingerprint density at radius 2 is 2.05 bits per heavy atom. The Morgan fingerprint density at radius 1 is 1.26 bits per heavy atom. The van der Waals surface area contributed by atoms with E-state index in [-0.39, 0.29) is 11.7 Å². The Kier molecular flexibility index (Phi) is 4.16. The third-order valence-corrected chi connectivity index (χ3v) is 2.99. The molecule has 2 rings (SSSR count). The molecule has 0 aliphatic carbocycles. The van der Waals surface area contributed by atoms with E-state index in [0.29, 0.717) is 11.3 Å². The van der Waals surface area contributed by atoms with Crippen LogP contribution < -0.4 is 10.1 Å². The number of anilines is 1. The van der Waals surface area contributed by atoms with Crippen molar-refractivity contribution in [3.63, 3.8) is 0 Å². The van der Waals surface area contributed by atoms with Gasteiger partial charge in [-0.05, 0) is 30.3 Å². The van der Waals surface area contributed by atoms with Crippen LogP contribution in [0, 0.1) is 5.82 Å². The van der Waals surface area contributed by atoms with Crippen molar-refractivity contribution in [2.75, 3.05) is 12.4 Å². The van der Waals surface area contributed by atoms with Crippen LogP contribution in [0.2, 0.25) is 0 Å². The van der Waals surface area contributed by atoms with Gasteiger partial charge in [0.2, 0.25) is 0 Å². The van der Waals surface area contributed by atoms with Gasteiger partial charge in [0.25, 0.3) is 5.91 Å². The summed E-state index contributed by atoms with van der Waals surface area (Å²) in [7, 11) is 1.39. The first-order valence-electron chi connectivity index (χ1n) is 5.50. The third kappa shape index (κ3) is 3.32. The van der Waals surface area contributed by atoms with Crippen molar-refractivity contribution in [3.8, 4) is 5.75 Å². The fourth-order valence-corrected chi connectivity index (χ4v) is 1.98. The number of carbonyl (C=O) groups is 1. The van der Waals surface area contributed by atoms with Gasteiger partial charge in [-0.15, -0.1) is 0 Å². The lowest BCUT2D eigenvalue weighted by Gasteiger charge is -2.07. The van der Waals surface area contributed by atoms with E-state index < -0.39 is 5.82 Å². The van der Waals surface area contributed by atoms with Crippen molar-refractivity contribution in [1.82, 2.24) is 0 Å². The van der Waals surface area contributed by atoms with Crippen molar-refractivity contribution in [2.24, 2.45) is 0 Å². The second kappa shape index (κ2) is 5.84. The maximum atomic E-state index is 13.5. The molecule has 5 heteroatoms. The summed E-state index contributed by atoms with van der Waals surface area (Å²) in [6, 6.07) is 11.2. The van der Waals surface area contributed by atoms with Gasteiger partial charge in [0.15, 0.2) is 11.6 Å². The number of methoxy groups -OCH3 is 1. The number of rotatable bonds is 3. The molecule has 0 aromatic heterocycles. The Hall–Kier alpha value is -1.88. The van der Waals surface area contributed by atoms with Crippen LogP contribution in [0.5, 0.6) is 5.75 Å². The van der Waals surface area contributed by atoms with E-state index in [1.165, 1.54) is 19.2 Å². The number of ether oxygens (including phenoxy) is 1. The van der Waals surface area contributed by atoms with Crippen LogP contribution in [-0.4, -0.2) is 13.0 Å². The van der Waals surface area contributed by atoms with Gasteiger partial charge in [-0.1, -0.05) is 22.0 Å². The van der Waals surface area contributed by atoms with Crippen molar-refractivity contribution < 1.29 is 13.9 Å². The third-order valence-electron chi connectivity index (χ3n) is 2.50. The lowest BCUT2D eigenvalue weighted by atomic mass is 10.2. The first-order valence-corrected chi connectivity index (χ1v) is 6.30. The highest BCUT2D eigenvalue weighted by molar-refractivity contribution is 9.10. The molecule has 19 heavy (non-hydrogen) atoms. The molecule has 0 spiro atoms. The van der Waals surface area contributed by atoms with Gasteiger partial charge in [0.1, 0.15) is 0 Å². The van der Waals surface area contributed by atoms with E-state index >= 15 is 0 Å². The summed E-state index contributed by atoms with van der Waals surface area (Å²) in [5.74, 6) is -0.680. The predicted molar refractivity (Wildman–Crippen MR) is 75.0 cm³/mol. The zero-order valence-electron chi connectivity index (χ0n) is 10.1. The lowest BCUT2D eigenvalue weighted by Crippen LogP contribution is -2.11. The minimum absolute atomic E-state index is 0.139. The van der Waals surface area contributed by atoms with E-state index in [4.69, 9.17) is 4.74 Å². The van der Waals surface area contributed by atoms with E-state index in [0.717, 1.165) is 4.47 Å². The smallest absolute Gasteiger partial charge is 0.255 e. The average molecular weight is 324 g/mol. The van der Waals surface area contributed by atoms with Gasteiger partial charge in [-0.25, -0.2) is 4.39 Å². The Bertz CT molecular complexity index is 616. The summed E-state index contributed by atoms with van der Waals surface area (Å²) in [5, 5.41) is 2.62. The minimum Gasteiger partial charge on any atom is -0.494 e. The molecule has 0 radical (unpaired) electrons. The van der Waals surface area contributed by atoms with E-state index in [1.807, 2.05) is 6.07 Å². The van der Waals surface area contributed by atoms with Gasteiger partial charge in [0.05, 0.1) is 7.11 Å². The van der Waals surface area contributed by atoms with Crippen LogP contribution >= 0.6 is 15.9 Å². The molecule has 0 saturated heterocycles. The van der Waals surface area contributed by atoms with Crippen LogP contribution in [0.25, 0.3) is 0 Å². The molecule has 0 aliphatic heterocycles.